The Bertz CT molecular complexity index is 903. The first kappa shape index (κ1) is 15.9. The summed E-state index contributed by atoms with van der Waals surface area (Å²) in [6.45, 7) is 0.557. The Morgan fingerprint density at radius 1 is 1.08 bits per heavy atom. The molecule has 0 fully saturated rings. The molecule has 5 nitrogen and oxygen atoms in total. The quantitative estimate of drug-likeness (QED) is 0.785. The molecule has 0 radical (unpaired) electrons. The zero-order valence-electron chi connectivity index (χ0n) is 13.5. The highest BCUT2D eigenvalue weighted by atomic mass is 16.2. The molecule has 1 aromatic heterocycles. The van der Waals surface area contributed by atoms with Crippen LogP contribution in [0.3, 0.4) is 0 Å². The van der Waals surface area contributed by atoms with E-state index in [1.807, 2.05) is 54.6 Å². The molecule has 2 aromatic carbocycles. The Kier molecular flexibility index (Phi) is 4.70. The summed E-state index contributed by atoms with van der Waals surface area (Å²) in [4.78, 5) is 33.2. The van der Waals surface area contributed by atoms with E-state index in [0.29, 0.717) is 24.2 Å². The number of aryl methyl sites for hydroxylation is 1. The van der Waals surface area contributed by atoms with Gasteiger partial charge in [-0.15, -0.1) is 0 Å². The van der Waals surface area contributed by atoms with Crippen LogP contribution in [-0.2, 0) is 17.8 Å². The topological polar surface area (TPSA) is 66.1 Å². The highest BCUT2D eigenvalue weighted by molar-refractivity contribution is 5.76. The number of aromatic nitrogens is 2. The maximum Gasteiger partial charge on any atom is 0.270 e. The standard InChI is InChI=1S/C19H19N3O2/c1-22(13-14-7-3-2-4-8-14)18(23)12-11-17-19(24)21-16-10-6-5-9-15(16)20-17/h2-10H,11-13H2,1H3,(H,21,24). The van der Waals surface area contributed by atoms with Crippen molar-refractivity contribution < 1.29 is 4.79 Å². The van der Waals surface area contributed by atoms with Crippen LogP contribution in [0, 0.1) is 0 Å². The van der Waals surface area contributed by atoms with Gasteiger partial charge in [-0.2, -0.15) is 0 Å². The molecule has 5 heteroatoms. The van der Waals surface area contributed by atoms with E-state index in [1.54, 1.807) is 11.9 Å². The van der Waals surface area contributed by atoms with Crippen LogP contribution in [0.25, 0.3) is 11.0 Å². The van der Waals surface area contributed by atoms with Crippen molar-refractivity contribution in [2.75, 3.05) is 7.05 Å². The molecule has 122 valence electrons. The molecule has 0 unspecified atom stereocenters. The third-order valence-electron chi connectivity index (χ3n) is 3.93. The van der Waals surface area contributed by atoms with Crippen LogP contribution in [0.2, 0.25) is 0 Å². The Morgan fingerprint density at radius 2 is 1.79 bits per heavy atom. The monoisotopic (exact) mass is 321 g/mol. The molecule has 1 heterocycles. The maximum atomic E-state index is 12.3. The van der Waals surface area contributed by atoms with E-state index in [2.05, 4.69) is 9.97 Å². The normalized spacial score (nSPS) is 10.7. The summed E-state index contributed by atoms with van der Waals surface area (Å²) in [7, 11) is 1.77. The van der Waals surface area contributed by atoms with E-state index in [1.165, 1.54) is 0 Å². The summed E-state index contributed by atoms with van der Waals surface area (Å²) < 4.78 is 0. The SMILES string of the molecule is CN(Cc1ccccc1)C(=O)CCc1nc2ccccc2[nH]c1=O. The number of aromatic amines is 1. The highest BCUT2D eigenvalue weighted by Gasteiger charge is 2.12. The van der Waals surface area contributed by atoms with Crippen LogP contribution in [0.1, 0.15) is 17.7 Å². The lowest BCUT2D eigenvalue weighted by Gasteiger charge is -2.17. The first-order valence-electron chi connectivity index (χ1n) is 7.89. The van der Waals surface area contributed by atoms with E-state index in [-0.39, 0.29) is 17.9 Å². The number of nitrogens with one attached hydrogen (secondary N) is 1. The van der Waals surface area contributed by atoms with Gasteiger partial charge in [0.05, 0.1) is 11.0 Å². The number of para-hydroxylation sites is 2. The van der Waals surface area contributed by atoms with Crippen molar-refractivity contribution in [3.05, 3.63) is 76.2 Å². The number of carbonyl (C=O) groups is 1. The lowest BCUT2D eigenvalue weighted by atomic mass is 10.2. The third kappa shape index (κ3) is 3.68. The second kappa shape index (κ2) is 7.08. The van der Waals surface area contributed by atoms with Crippen molar-refractivity contribution in [1.29, 1.82) is 0 Å². The number of nitrogens with zero attached hydrogens (tertiary/aromatic N) is 2. The van der Waals surface area contributed by atoms with Gasteiger partial charge in [-0.05, 0) is 17.7 Å². The van der Waals surface area contributed by atoms with Gasteiger partial charge in [-0.3, -0.25) is 9.59 Å². The molecule has 0 saturated heterocycles. The minimum Gasteiger partial charge on any atom is -0.341 e. The number of H-pyrrole nitrogens is 1. The Hall–Kier alpha value is -2.95. The van der Waals surface area contributed by atoms with Crippen molar-refractivity contribution in [2.45, 2.75) is 19.4 Å². The molecule has 1 N–H and O–H groups in total. The summed E-state index contributed by atoms with van der Waals surface area (Å²) in [5.74, 6) is -0.00629. The lowest BCUT2D eigenvalue weighted by molar-refractivity contribution is -0.130. The molecule has 0 aliphatic heterocycles. The van der Waals surface area contributed by atoms with Crippen LogP contribution in [0.5, 0.6) is 0 Å². The van der Waals surface area contributed by atoms with E-state index in [4.69, 9.17) is 0 Å². The predicted molar refractivity (Wildman–Crippen MR) is 93.6 cm³/mol. The first-order valence-corrected chi connectivity index (χ1v) is 7.89. The third-order valence-corrected chi connectivity index (χ3v) is 3.93. The average Bonchev–Trinajstić information content (AvgIpc) is 2.60. The number of hydrogen-bond acceptors (Lipinski definition) is 3. The summed E-state index contributed by atoms with van der Waals surface area (Å²) in [5, 5.41) is 0. The van der Waals surface area contributed by atoms with Crippen LogP contribution in [-0.4, -0.2) is 27.8 Å². The smallest absolute Gasteiger partial charge is 0.270 e. The molecule has 1 amide bonds. The molecule has 0 bridgehead atoms. The van der Waals surface area contributed by atoms with Gasteiger partial charge in [0.25, 0.3) is 5.56 Å². The number of hydrogen-bond donors (Lipinski definition) is 1. The van der Waals surface area contributed by atoms with Crippen LogP contribution in [0.4, 0.5) is 0 Å². The number of carbonyl (C=O) groups excluding carboxylic acids is 1. The van der Waals surface area contributed by atoms with E-state index in [9.17, 15) is 9.59 Å². The van der Waals surface area contributed by atoms with Gasteiger partial charge in [-0.25, -0.2) is 4.98 Å². The average molecular weight is 321 g/mol. The molecular weight excluding hydrogens is 302 g/mol. The second-order valence-electron chi connectivity index (χ2n) is 5.77. The summed E-state index contributed by atoms with van der Waals surface area (Å²) >= 11 is 0. The lowest BCUT2D eigenvalue weighted by Crippen LogP contribution is -2.27. The van der Waals surface area contributed by atoms with Gasteiger partial charge < -0.3 is 9.88 Å². The molecular formula is C19H19N3O2. The number of rotatable bonds is 5. The van der Waals surface area contributed by atoms with Crippen LogP contribution < -0.4 is 5.56 Å². The van der Waals surface area contributed by atoms with E-state index >= 15 is 0 Å². The second-order valence-corrected chi connectivity index (χ2v) is 5.77. The van der Waals surface area contributed by atoms with Crippen LogP contribution >= 0.6 is 0 Å². The molecule has 0 aliphatic rings. The van der Waals surface area contributed by atoms with Crippen molar-refractivity contribution in [3.8, 4) is 0 Å². The maximum absolute atomic E-state index is 12.3. The van der Waals surface area contributed by atoms with Crippen molar-refractivity contribution >= 4 is 16.9 Å². The predicted octanol–water partition coefficient (Wildman–Crippen LogP) is 2.51. The molecule has 0 aliphatic carbocycles. The van der Waals surface area contributed by atoms with Gasteiger partial charge in [-0.1, -0.05) is 42.5 Å². The van der Waals surface area contributed by atoms with Gasteiger partial charge in [0.2, 0.25) is 5.91 Å². The number of amides is 1. The minimum atomic E-state index is -0.229. The van der Waals surface area contributed by atoms with Crippen molar-refractivity contribution in [2.24, 2.45) is 0 Å². The summed E-state index contributed by atoms with van der Waals surface area (Å²) in [6.07, 6.45) is 0.593. The minimum absolute atomic E-state index is 0.00629. The molecule has 0 spiro atoms. The summed E-state index contributed by atoms with van der Waals surface area (Å²) in [6, 6.07) is 17.2. The van der Waals surface area contributed by atoms with Crippen molar-refractivity contribution in [3.63, 3.8) is 0 Å². The fourth-order valence-electron chi connectivity index (χ4n) is 2.60. The fourth-order valence-corrected chi connectivity index (χ4v) is 2.60. The highest BCUT2D eigenvalue weighted by Crippen LogP contribution is 2.08. The Morgan fingerprint density at radius 3 is 2.58 bits per heavy atom. The van der Waals surface area contributed by atoms with E-state index < -0.39 is 0 Å². The van der Waals surface area contributed by atoms with Gasteiger partial charge in [0, 0.05) is 26.4 Å². The van der Waals surface area contributed by atoms with Gasteiger partial charge in [0.1, 0.15) is 5.69 Å². The Labute approximate surface area is 140 Å². The Balaban J connectivity index is 1.65. The van der Waals surface area contributed by atoms with Gasteiger partial charge >= 0.3 is 0 Å². The molecule has 3 rings (SSSR count). The molecule has 0 atom stereocenters. The molecule has 24 heavy (non-hydrogen) atoms. The summed E-state index contributed by atoms with van der Waals surface area (Å²) in [5.41, 5.74) is 2.69. The fraction of sp³-hybridized carbons (Fsp3) is 0.211. The largest absolute Gasteiger partial charge is 0.341 e. The zero-order chi connectivity index (χ0) is 16.9. The first-order chi connectivity index (χ1) is 11.6. The van der Waals surface area contributed by atoms with Gasteiger partial charge in [0.15, 0.2) is 0 Å². The molecule has 3 aromatic rings. The van der Waals surface area contributed by atoms with E-state index in [0.717, 1.165) is 11.1 Å². The number of benzene rings is 2. The van der Waals surface area contributed by atoms with Crippen LogP contribution in [0.15, 0.2) is 59.4 Å². The molecule has 0 saturated carbocycles. The van der Waals surface area contributed by atoms with Crippen molar-refractivity contribution in [1.82, 2.24) is 14.9 Å². The number of fused-ring (bicyclic) bond motifs is 1. The zero-order valence-corrected chi connectivity index (χ0v) is 13.5.